The molecule has 0 radical (unpaired) electrons. The molecule has 0 unspecified atom stereocenters. The molecule has 0 aliphatic carbocycles. The zero-order chi connectivity index (χ0) is 34.8. The molecule has 0 spiro atoms. The van der Waals surface area contributed by atoms with E-state index in [-0.39, 0.29) is 28.3 Å². The summed E-state index contributed by atoms with van der Waals surface area (Å²) < 4.78 is 28.0. The van der Waals surface area contributed by atoms with Crippen molar-refractivity contribution in [3.63, 3.8) is 0 Å². The molecule has 248 valence electrons. The molecular weight excluding hydrogens is 617 g/mol. The van der Waals surface area contributed by atoms with Crippen LogP contribution in [0, 0.1) is 5.82 Å². The van der Waals surface area contributed by atoms with Crippen molar-refractivity contribution < 1.29 is 28.2 Å². The van der Waals surface area contributed by atoms with Crippen LogP contribution in [0.1, 0.15) is 68.1 Å². The first kappa shape index (κ1) is 33.5. The molecule has 2 aromatic carbocycles. The van der Waals surface area contributed by atoms with Crippen LogP contribution in [0.25, 0.3) is 16.6 Å². The van der Waals surface area contributed by atoms with Gasteiger partial charge in [-0.25, -0.2) is 18.7 Å². The molecule has 3 amide bonds. The van der Waals surface area contributed by atoms with Gasteiger partial charge in [0, 0.05) is 48.4 Å². The van der Waals surface area contributed by atoms with Gasteiger partial charge < -0.3 is 20.1 Å². The highest BCUT2D eigenvalue weighted by atomic mass is 19.1. The first-order chi connectivity index (χ1) is 22.6. The number of ether oxygens (including phenoxy) is 2. The molecule has 12 nitrogen and oxygen atoms in total. The van der Waals surface area contributed by atoms with E-state index in [1.54, 1.807) is 62.0 Å². The van der Waals surface area contributed by atoms with E-state index in [0.717, 1.165) is 6.07 Å². The fourth-order valence-electron chi connectivity index (χ4n) is 4.60. The Labute approximate surface area is 276 Å². The number of hydrogen-bond acceptors (Lipinski definition) is 8. The minimum atomic E-state index is -0.746. The minimum absolute atomic E-state index is 0.0958. The summed E-state index contributed by atoms with van der Waals surface area (Å²) in [7, 11) is 1.48. The van der Waals surface area contributed by atoms with Crippen molar-refractivity contribution >= 4 is 40.3 Å². The number of nitrogens with zero attached hydrogens (tertiary/aromatic N) is 4. The lowest BCUT2D eigenvalue weighted by atomic mass is 9.92. The third kappa shape index (κ3) is 7.74. The molecule has 5 rings (SSSR count). The van der Waals surface area contributed by atoms with Gasteiger partial charge in [0.25, 0.3) is 5.91 Å². The van der Waals surface area contributed by atoms with Crippen molar-refractivity contribution in [2.75, 3.05) is 17.7 Å². The third-order valence-electron chi connectivity index (χ3n) is 6.92. The number of aromatic nitrogens is 4. The quantitative estimate of drug-likeness (QED) is 0.159. The third-order valence-corrected chi connectivity index (χ3v) is 6.92. The fourth-order valence-corrected chi connectivity index (χ4v) is 4.60. The van der Waals surface area contributed by atoms with Gasteiger partial charge in [-0.3, -0.25) is 20.1 Å². The van der Waals surface area contributed by atoms with E-state index in [1.807, 2.05) is 20.8 Å². The number of halogens is 1. The molecule has 3 aromatic heterocycles. The number of pyridine rings is 2. The van der Waals surface area contributed by atoms with Crippen LogP contribution in [0.4, 0.5) is 20.7 Å². The Morgan fingerprint density at radius 2 is 1.56 bits per heavy atom. The number of nitrogens with one attached hydrogen (secondary N) is 3. The normalized spacial score (nSPS) is 11.6. The molecule has 0 aliphatic rings. The molecule has 13 heteroatoms. The Kier molecular flexibility index (Phi) is 9.15. The standard InChI is InChI=1S/C35H36FN7O5/c1-34(2,3)29-19-30(43(42-29)20-8-10-26-24(16-20)23(13-15-38-26)32(45)48-35(4,5)6)41-33(46)40-27-11-9-21(17-25(27)36)47-22-12-14-39-28(18-22)31(44)37-7/h8-19H,1-7H3,(H,37,44)(H2,40,41,46). The smallest absolute Gasteiger partial charge is 0.339 e. The second-order valence-electron chi connectivity index (χ2n) is 12.9. The molecule has 0 saturated carbocycles. The number of hydrogen-bond donors (Lipinski definition) is 3. The number of carbonyl (C=O) groups is 3. The number of anilines is 2. The van der Waals surface area contributed by atoms with Gasteiger partial charge in [0.1, 0.15) is 34.4 Å². The highest BCUT2D eigenvalue weighted by Crippen LogP contribution is 2.30. The summed E-state index contributed by atoms with van der Waals surface area (Å²) in [6.45, 7) is 11.3. The highest BCUT2D eigenvalue weighted by molar-refractivity contribution is 6.04. The Balaban J connectivity index is 1.40. The summed E-state index contributed by atoms with van der Waals surface area (Å²) in [4.78, 5) is 46.5. The zero-order valence-corrected chi connectivity index (χ0v) is 27.6. The van der Waals surface area contributed by atoms with Gasteiger partial charge in [-0.2, -0.15) is 5.10 Å². The number of rotatable bonds is 7. The van der Waals surface area contributed by atoms with E-state index in [0.29, 0.717) is 33.7 Å². The van der Waals surface area contributed by atoms with Crippen LogP contribution in [0.5, 0.6) is 11.5 Å². The van der Waals surface area contributed by atoms with Crippen LogP contribution in [0.3, 0.4) is 0 Å². The van der Waals surface area contributed by atoms with Crippen LogP contribution in [0.2, 0.25) is 0 Å². The number of benzene rings is 2. The summed E-state index contributed by atoms with van der Waals surface area (Å²) in [6.07, 6.45) is 2.95. The van der Waals surface area contributed by atoms with Crippen molar-refractivity contribution in [1.82, 2.24) is 25.1 Å². The summed E-state index contributed by atoms with van der Waals surface area (Å²) in [5.41, 5.74) is 1.12. The Hall–Kier alpha value is -5.85. The van der Waals surface area contributed by atoms with Gasteiger partial charge in [-0.1, -0.05) is 20.8 Å². The largest absolute Gasteiger partial charge is 0.457 e. The predicted molar refractivity (Wildman–Crippen MR) is 179 cm³/mol. The van der Waals surface area contributed by atoms with E-state index >= 15 is 4.39 Å². The number of amides is 3. The highest BCUT2D eigenvalue weighted by Gasteiger charge is 2.24. The minimum Gasteiger partial charge on any atom is -0.457 e. The molecule has 0 bridgehead atoms. The van der Waals surface area contributed by atoms with Gasteiger partial charge in [-0.05, 0) is 63.2 Å². The number of fused-ring (bicyclic) bond motifs is 1. The lowest BCUT2D eigenvalue weighted by molar-refractivity contribution is 0.00715. The molecule has 0 saturated heterocycles. The predicted octanol–water partition coefficient (Wildman–Crippen LogP) is 7.00. The van der Waals surface area contributed by atoms with Crippen LogP contribution in [-0.2, 0) is 10.2 Å². The van der Waals surface area contributed by atoms with Gasteiger partial charge in [0.15, 0.2) is 0 Å². The SMILES string of the molecule is CNC(=O)c1cc(Oc2ccc(NC(=O)Nc3cc(C(C)(C)C)nn3-c3ccc4nccc(C(=O)OC(C)(C)C)c4c3)c(F)c2)ccn1. The van der Waals surface area contributed by atoms with E-state index in [4.69, 9.17) is 14.6 Å². The zero-order valence-electron chi connectivity index (χ0n) is 27.6. The van der Waals surface area contributed by atoms with Gasteiger partial charge in [0.2, 0.25) is 0 Å². The lowest BCUT2D eigenvalue weighted by Crippen LogP contribution is -2.24. The molecule has 0 atom stereocenters. The molecule has 48 heavy (non-hydrogen) atoms. The van der Waals surface area contributed by atoms with Crippen molar-refractivity contribution in [3.8, 4) is 17.2 Å². The second kappa shape index (κ2) is 13.1. The van der Waals surface area contributed by atoms with Crippen LogP contribution in [-0.4, -0.2) is 50.3 Å². The van der Waals surface area contributed by atoms with E-state index in [9.17, 15) is 14.4 Å². The monoisotopic (exact) mass is 653 g/mol. The van der Waals surface area contributed by atoms with Crippen LogP contribution in [0.15, 0.2) is 73.1 Å². The summed E-state index contributed by atoms with van der Waals surface area (Å²) >= 11 is 0. The second-order valence-corrected chi connectivity index (χ2v) is 12.9. The van der Waals surface area contributed by atoms with Gasteiger partial charge >= 0.3 is 12.0 Å². The number of urea groups is 1. The first-order valence-electron chi connectivity index (χ1n) is 15.1. The summed E-state index contributed by atoms with van der Waals surface area (Å²) in [6, 6.07) is 14.8. The maximum atomic E-state index is 15.1. The Morgan fingerprint density at radius 1 is 0.833 bits per heavy atom. The van der Waals surface area contributed by atoms with E-state index in [1.165, 1.54) is 37.5 Å². The van der Waals surface area contributed by atoms with Crippen molar-refractivity contribution in [2.24, 2.45) is 0 Å². The maximum absolute atomic E-state index is 15.1. The molecule has 0 fully saturated rings. The first-order valence-corrected chi connectivity index (χ1v) is 15.1. The summed E-state index contributed by atoms with van der Waals surface area (Å²) in [5.74, 6) is -0.887. The lowest BCUT2D eigenvalue weighted by Gasteiger charge is -2.20. The molecule has 5 aromatic rings. The van der Waals surface area contributed by atoms with Crippen LogP contribution < -0.4 is 20.7 Å². The van der Waals surface area contributed by atoms with E-state index < -0.39 is 29.3 Å². The number of esters is 1. The molecule has 3 heterocycles. The van der Waals surface area contributed by atoms with Crippen molar-refractivity contribution in [2.45, 2.75) is 52.6 Å². The van der Waals surface area contributed by atoms with Crippen LogP contribution >= 0.6 is 0 Å². The summed E-state index contributed by atoms with van der Waals surface area (Å²) in [5, 5.41) is 13.1. The van der Waals surface area contributed by atoms with Crippen molar-refractivity contribution in [3.05, 3.63) is 95.8 Å². The Bertz CT molecular complexity index is 2030. The van der Waals surface area contributed by atoms with E-state index in [2.05, 4.69) is 25.9 Å². The maximum Gasteiger partial charge on any atom is 0.339 e. The van der Waals surface area contributed by atoms with Crippen molar-refractivity contribution in [1.29, 1.82) is 0 Å². The molecular formula is C35H36FN7O5. The molecule has 0 aliphatic heterocycles. The topological polar surface area (TPSA) is 149 Å². The fraction of sp³-hybridized carbons (Fsp3) is 0.257. The van der Waals surface area contributed by atoms with Gasteiger partial charge in [0.05, 0.1) is 28.1 Å². The average Bonchev–Trinajstić information content (AvgIpc) is 3.45. The Morgan fingerprint density at radius 3 is 2.25 bits per heavy atom. The van der Waals surface area contributed by atoms with Gasteiger partial charge in [-0.15, -0.1) is 0 Å². The molecule has 3 N–H and O–H groups in total. The number of carbonyl (C=O) groups excluding carboxylic acids is 3. The average molecular weight is 654 g/mol.